The summed E-state index contributed by atoms with van der Waals surface area (Å²) in [7, 11) is 0. The fraction of sp³-hybridized carbons (Fsp3) is 0.435. The molecule has 2 aromatic carbocycles. The van der Waals surface area contributed by atoms with E-state index in [1.54, 1.807) is 0 Å². The third kappa shape index (κ3) is 6.33. The van der Waals surface area contributed by atoms with Crippen molar-refractivity contribution in [2.45, 2.75) is 25.2 Å². The molecule has 1 fully saturated rings. The van der Waals surface area contributed by atoms with Gasteiger partial charge in [-0.3, -0.25) is 4.79 Å². The highest BCUT2D eigenvalue weighted by atomic mass is 35.5. The van der Waals surface area contributed by atoms with Crippen molar-refractivity contribution in [2.24, 2.45) is 11.7 Å². The highest BCUT2D eigenvalue weighted by Crippen LogP contribution is 2.32. The van der Waals surface area contributed by atoms with Crippen LogP contribution in [0.15, 0.2) is 60.7 Å². The number of nitrogens with two attached hydrogens (primary N) is 1. The van der Waals surface area contributed by atoms with Crippen molar-refractivity contribution >= 4 is 18.3 Å². The van der Waals surface area contributed by atoms with Gasteiger partial charge in [-0.15, -0.1) is 12.4 Å². The number of hydrogen-bond donors (Lipinski definition) is 1. The standard InChI is InChI=1S/C23H30N2O2.ClH/c24-16-21-17-25(18-22(21)20-10-5-2-6-11-20)23(26)12-7-14-27-15-13-19-8-3-1-4-9-19;/h1-6,8-11,21-22H,7,12-18,24H2;1H/t21-,22+;/m1./s1. The maximum atomic E-state index is 12.6. The topological polar surface area (TPSA) is 55.6 Å². The van der Waals surface area contributed by atoms with Crippen molar-refractivity contribution in [3.8, 4) is 0 Å². The van der Waals surface area contributed by atoms with Gasteiger partial charge in [0, 0.05) is 32.0 Å². The molecule has 2 atom stereocenters. The Balaban J connectivity index is 0.00000280. The summed E-state index contributed by atoms with van der Waals surface area (Å²) in [6, 6.07) is 20.7. The molecule has 0 bridgehead atoms. The number of benzene rings is 2. The van der Waals surface area contributed by atoms with Crippen molar-refractivity contribution < 1.29 is 9.53 Å². The molecule has 2 aromatic rings. The second-order valence-electron chi connectivity index (χ2n) is 7.26. The van der Waals surface area contributed by atoms with Gasteiger partial charge in [0.15, 0.2) is 0 Å². The van der Waals surface area contributed by atoms with Crippen LogP contribution in [-0.2, 0) is 16.0 Å². The molecule has 5 heteroatoms. The van der Waals surface area contributed by atoms with E-state index in [4.69, 9.17) is 10.5 Å². The van der Waals surface area contributed by atoms with Crippen molar-refractivity contribution in [1.29, 1.82) is 0 Å². The molecule has 0 unspecified atom stereocenters. The Hall–Kier alpha value is -1.88. The quantitative estimate of drug-likeness (QED) is 0.651. The van der Waals surface area contributed by atoms with Crippen LogP contribution in [0.2, 0.25) is 0 Å². The average Bonchev–Trinajstić information content (AvgIpc) is 3.16. The average molecular weight is 403 g/mol. The van der Waals surface area contributed by atoms with Gasteiger partial charge in [0.05, 0.1) is 6.61 Å². The molecule has 28 heavy (non-hydrogen) atoms. The van der Waals surface area contributed by atoms with Gasteiger partial charge in [0.2, 0.25) is 5.91 Å². The minimum absolute atomic E-state index is 0. The monoisotopic (exact) mass is 402 g/mol. The van der Waals surface area contributed by atoms with E-state index in [2.05, 4.69) is 36.4 Å². The second-order valence-corrected chi connectivity index (χ2v) is 7.26. The zero-order valence-corrected chi connectivity index (χ0v) is 17.2. The SMILES string of the molecule is Cl.NC[C@@H]1CN(C(=O)CCCOCCc2ccccc2)C[C@H]1c1ccccc1. The van der Waals surface area contributed by atoms with Crippen LogP contribution in [0.4, 0.5) is 0 Å². The first kappa shape index (κ1) is 22.4. The molecule has 4 nitrogen and oxygen atoms in total. The lowest BCUT2D eigenvalue weighted by Gasteiger charge is -2.17. The summed E-state index contributed by atoms with van der Waals surface area (Å²) in [6.07, 6.45) is 2.23. The Morgan fingerprint density at radius 3 is 2.36 bits per heavy atom. The zero-order valence-electron chi connectivity index (χ0n) is 16.3. The molecule has 0 saturated carbocycles. The Morgan fingerprint density at radius 1 is 1.00 bits per heavy atom. The number of carbonyl (C=O) groups excluding carboxylic acids is 1. The van der Waals surface area contributed by atoms with Gasteiger partial charge < -0.3 is 15.4 Å². The van der Waals surface area contributed by atoms with Gasteiger partial charge in [0.25, 0.3) is 0 Å². The van der Waals surface area contributed by atoms with E-state index in [1.165, 1.54) is 11.1 Å². The minimum atomic E-state index is 0. The van der Waals surface area contributed by atoms with E-state index in [0.717, 1.165) is 25.9 Å². The fourth-order valence-corrected chi connectivity index (χ4v) is 3.81. The van der Waals surface area contributed by atoms with Gasteiger partial charge >= 0.3 is 0 Å². The molecule has 1 saturated heterocycles. The molecular formula is C23H31ClN2O2. The zero-order chi connectivity index (χ0) is 18.9. The highest BCUT2D eigenvalue weighted by Gasteiger charge is 2.34. The van der Waals surface area contributed by atoms with Crippen LogP contribution in [0.25, 0.3) is 0 Å². The van der Waals surface area contributed by atoms with E-state index in [9.17, 15) is 4.79 Å². The lowest BCUT2D eigenvalue weighted by Crippen LogP contribution is -2.29. The van der Waals surface area contributed by atoms with Crippen LogP contribution in [-0.4, -0.2) is 43.7 Å². The van der Waals surface area contributed by atoms with E-state index < -0.39 is 0 Å². The third-order valence-corrected chi connectivity index (χ3v) is 5.38. The summed E-state index contributed by atoms with van der Waals surface area (Å²) >= 11 is 0. The molecule has 1 aliphatic heterocycles. The van der Waals surface area contributed by atoms with Crippen LogP contribution < -0.4 is 5.73 Å². The maximum Gasteiger partial charge on any atom is 0.222 e. The molecule has 0 spiro atoms. The molecule has 152 valence electrons. The third-order valence-electron chi connectivity index (χ3n) is 5.38. The second kappa shape index (κ2) is 11.8. The molecule has 0 radical (unpaired) electrons. The summed E-state index contributed by atoms with van der Waals surface area (Å²) in [5.74, 6) is 0.916. The lowest BCUT2D eigenvalue weighted by atomic mass is 9.89. The number of hydrogen-bond acceptors (Lipinski definition) is 3. The number of ether oxygens (including phenoxy) is 1. The molecule has 1 aliphatic rings. The van der Waals surface area contributed by atoms with Crippen LogP contribution in [0.1, 0.15) is 29.9 Å². The lowest BCUT2D eigenvalue weighted by molar-refractivity contribution is -0.130. The summed E-state index contributed by atoms with van der Waals surface area (Å²) in [5.41, 5.74) is 8.54. The normalized spacial score (nSPS) is 18.7. The number of amides is 1. The van der Waals surface area contributed by atoms with Crippen molar-refractivity contribution in [2.75, 3.05) is 32.8 Å². The Morgan fingerprint density at radius 2 is 1.68 bits per heavy atom. The van der Waals surface area contributed by atoms with E-state index in [-0.39, 0.29) is 18.3 Å². The van der Waals surface area contributed by atoms with Crippen LogP contribution >= 0.6 is 12.4 Å². The number of carbonyl (C=O) groups is 1. The molecule has 1 heterocycles. The molecule has 0 aliphatic carbocycles. The predicted molar refractivity (Wildman–Crippen MR) is 116 cm³/mol. The number of likely N-dealkylation sites (tertiary alicyclic amines) is 1. The Kier molecular flexibility index (Phi) is 9.48. The largest absolute Gasteiger partial charge is 0.381 e. The van der Waals surface area contributed by atoms with E-state index >= 15 is 0 Å². The van der Waals surface area contributed by atoms with Gasteiger partial charge in [-0.1, -0.05) is 60.7 Å². The van der Waals surface area contributed by atoms with Gasteiger partial charge in [-0.2, -0.15) is 0 Å². The fourth-order valence-electron chi connectivity index (χ4n) is 3.81. The van der Waals surface area contributed by atoms with Crippen molar-refractivity contribution in [1.82, 2.24) is 4.90 Å². The maximum absolute atomic E-state index is 12.6. The molecule has 0 aromatic heterocycles. The van der Waals surface area contributed by atoms with E-state index in [0.29, 0.717) is 38.0 Å². The van der Waals surface area contributed by atoms with Gasteiger partial charge in [-0.05, 0) is 36.4 Å². The smallest absolute Gasteiger partial charge is 0.222 e. The van der Waals surface area contributed by atoms with Crippen molar-refractivity contribution in [3.05, 3.63) is 71.8 Å². The first-order chi connectivity index (χ1) is 13.3. The number of halogens is 1. The summed E-state index contributed by atoms with van der Waals surface area (Å²) in [6.45, 7) is 3.50. The summed E-state index contributed by atoms with van der Waals surface area (Å²) < 4.78 is 5.69. The first-order valence-electron chi connectivity index (χ1n) is 9.92. The molecule has 2 N–H and O–H groups in total. The predicted octanol–water partition coefficient (Wildman–Crippen LogP) is 3.65. The molecule has 1 amide bonds. The van der Waals surface area contributed by atoms with Crippen molar-refractivity contribution in [3.63, 3.8) is 0 Å². The molecule has 3 rings (SSSR count). The molecular weight excluding hydrogens is 372 g/mol. The highest BCUT2D eigenvalue weighted by molar-refractivity contribution is 5.85. The van der Waals surface area contributed by atoms with Crippen LogP contribution in [0.5, 0.6) is 0 Å². The number of nitrogens with zero attached hydrogens (tertiary/aromatic N) is 1. The first-order valence-corrected chi connectivity index (χ1v) is 9.92. The van der Waals surface area contributed by atoms with Gasteiger partial charge in [-0.25, -0.2) is 0 Å². The van der Waals surface area contributed by atoms with Crippen LogP contribution in [0, 0.1) is 5.92 Å². The number of rotatable bonds is 9. The van der Waals surface area contributed by atoms with Gasteiger partial charge in [0.1, 0.15) is 0 Å². The Bertz CT molecular complexity index is 696. The van der Waals surface area contributed by atoms with E-state index in [1.807, 2.05) is 29.2 Å². The minimum Gasteiger partial charge on any atom is -0.381 e. The Labute approximate surface area is 174 Å². The summed E-state index contributed by atoms with van der Waals surface area (Å²) in [4.78, 5) is 14.6. The van der Waals surface area contributed by atoms with Crippen LogP contribution in [0.3, 0.4) is 0 Å². The summed E-state index contributed by atoms with van der Waals surface area (Å²) in [5, 5.41) is 0.